The van der Waals surface area contributed by atoms with E-state index in [0.717, 1.165) is 11.1 Å². The minimum absolute atomic E-state index is 0.173. The van der Waals surface area contributed by atoms with E-state index >= 15 is 0 Å². The summed E-state index contributed by atoms with van der Waals surface area (Å²) in [5.74, 6) is 0.555. The van der Waals surface area contributed by atoms with Gasteiger partial charge in [0.05, 0.1) is 16.9 Å². The molecule has 8 nitrogen and oxygen atoms in total. The Balaban J connectivity index is 2.35. The molecule has 2 rings (SSSR count). The third-order valence-corrected chi connectivity index (χ3v) is 6.08. The number of rotatable bonds is 15. The molecule has 0 spiro atoms. The summed E-state index contributed by atoms with van der Waals surface area (Å²) in [4.78, 5) is 37.3. The first kappa shape index (κ1) is 35.9. The fourth-order valence-corrected chi connectivity index (χ4v) is 3.81. The van der Waals surface area contributed by atoms with Crippen LogP contribution in [0.15, 0.2) is 61.7 Å². The number of carbonyl (C=O) groups is 3. The van der Waals surface area contributed by atoms with Gasteiger partial charge in [0.25, 0.3) is 0 Å². The van der Waals surface area contributed by atoms with E-state index < -0.39 is 10.8 Å². The van der Waals surface area contributed by atoms with E-state index in [-0.39, 0.29) is 37.4 Å². The van der Waals surface area contributed by atoms with E-state index in [2.05, 4.69) is 13.2 Å². The van der Waals surface area contributed by atoms with E-state index in [4.69, 9.17) is 23.7 Å². The van der Waals surface area contributed by atoms with E-state index in [1.54, 1.807) is 84.0 Å². The van der Waals surface area contributed by atoms with E-state index in [1.807, 2.05) is 19.9 Å². The third kappa shape index (κ3) is 10.7. The Bertz CT molecular complexity index is 1350. The molecular formula is C36H46O8. The molecule has 0 aliphatic carbocycles. The maximum atomic E-state index is 13.1. The van der Waals surface area contributed by atoms with E-state index in [0.29, 0.717) is 41.2 Å². The molecule has 44 heavy (non-hydrogen) atoms. The Labute approximate surface area is 261 Å². The molecule has 0 aliphatic rings. The van der Waals surface area contributed by atoms with Gasteiger partial charge in [0.2, 0.25) is 13.6 Å². The van der Waals surface area contributed by atoms with Crippen LogP contribution in [-0.4, -0.2) is 37.4 Å². The number of allylic oxidation sites excluding steroid dienone is 3. The van der Waals surface area contributed by atoms with Gasteiger partial charge in [-0.05, 0) is 116 Å². The second kappa shape index (κ2) is 15.9. The standard InChI is InChI=1S/C36H46O8/c1-11-13-26-21-27(17-20-30(37)25-15-18-28(19-16-25)40-22-42-33(38)35(5,6)7)32(44-24(3)4)29(14-12-2)31(26)41-23-43-34(39)36(8,9)10/h11-12,15-21,24H,1-2,13-14,22-23H2,3-10H3/b20-17+. The van der Waals surface area contributed by atoms with Crippen molar-refractivity contribution in [3.8, 4) is 17.2 Å². The van der Waals surface area contributed by atoms with Crippen molar-refractivity contribution in [1.29, 1.82) is 0 Å². The van der Waals surface area contributed by atoms with Gasteiger partial charge in [0.1, 0.15) is 17.2 Å². The van der Waals surface area contributed by atoms with Gasteiger partial charge in [-0.15, -0.1) is 13.2 Å². The first-order chi connectivity index (χ1) is 20.6. The fourth-order valence-electron chi connectivity index (χ4n) is 3.81. The van der Waals surface area contributed by atoms with Crippen molar-refractivity contribution in [2.45, 2.75) is 74.3 Å². The minimum atomic E-state index is -0.668. The quantitative estimate of drug-likeness (QED) is 0.0670. The highest BCUT2D eigenvalue weighted by atomic mass is 16.7. The highest BCUT2D eigenvalue weighted by Gasteiger charge is 2.25. The molecule has 0 heterocycles. The lowest BCUT2D eigenvalue weighted by Crippen LogP contribution is -2.25. The summed E-state index contributed by atoms with van der Waals surface area (Å²) in [6.07, 6.45) is 7.38. The molecule has 0 aromatic heterocycles. The molecule has 0 aliphatic heterocycles. The highest BCUT2D eigenvalue weighted by molar-refractivity contribution is 6.07. The van der Waals surface area contributed by atoms with E-state index in [1.165, 1.54) is 6.08 Å². The Morgan fingerprint density at radius 2 is 1.34 bits per heavy atom. The molecule has 0 unspecified atom stereocenters. The van der Waals surface area contributed by atoms with Gasteiger partial charge in [-0.25, -0.2) is 0 Å². The molecule has 0 saturated carbocycles. The van der Waals surface area contributed by atoms with Gasteiger partial charge in [-0.2, -0.15) is 0 Å². The second-order valence-electron chi connectivity index (χ2n) is 12.5. The first-order valence-corrected chi connectivity index (χ1v) is 14.6. The predicted octanol–water partition coefficient (Wildman–Crippen LogP) is 7.68. The number of carbonyl (C=O) groups excluding carboxylic acids is 3. The average Bonchev–Trinajstić information content (AvgIpc) is 2.93. The number of hydrogen-bond acceptors (Lipinski definition) is 8. The van der Waals surface area contributed by atoms with Crippen LogP contribution in [0.3, 0.4) is 0 Å². The summed E-state index contributed by atoms with van der Waals surface area (Å²) in [5, 5.41) is 0. The molecule has 0 bridgehead atoms. The summed E-state index contributed by atoms with van der Waals surface area (Å²) in [6.45, 7) is 21.7. The Kier molecular flexibility index (Phi) is 13.0. The topological polar surface area (TPSA) is 97.4 Å². The highest BCUT2D eigenvalue weighted by Crippen LogP contribution is 2.39. The fraction of sp³-hybridized carbons (Fsp3) is 0.417. The zero-order valence-electron chi connectivity index (χ0n) is 27.3. The van der Waals surface area contributed by atoms with Crippen LogP contribution in [0.4, 0.5) is 0 Å². The van der Waals surface area contributed by atoms with Crippen molar-refractivity contribution in [2.24, 2.45) is 10.8 Å². The molecule has 0 atom stereocenters. The van der Waals surface area contributed by atoms with Gasteiger partial charge < -0.3 is 23.7 Å². The van der Waals surface area contributed by atoms with Crippen LogP contribution in [0.2, 0.25) is 0 Å². The number of esters is 2. The molecule has 0 radical (unpaired) electrons. The normalized spacial score (nSPS) is 11.7. The zero-order chi connectivity index (χ0) is 33.1. The monoisotopic (exact) mass is 606 g/mol. The number of ether oxygens (including phenoxy) is 5. The van der Waals surface area contributed by atoms with Crippen molar-refractivity contribution in [3.05, 3.63) is 84.0 Å². The van der Waals surface area contributed by atoms with Crippen molar-refractivity contribution >= 4 is 23.8 Å². The van der Waals surface area contributed by atoms with E-state index in [9.17, 15) is 14.4 Å². The smallest absolute Gasteiger partial charge is 0.314 e. The molecular weight excluding hydrogens is 560 g/mol. The van der Waals surface area contributed by atoms with Crippen LogP contribution in [0.5, 0.6) is 17.2 Å². The zero-order valence-corrected chi connectivity index (χ0v) is 27.3. The molecule has 0 saturated heterocycles. The number of hydrogen-bond donors (Lipinski definition) is 0. The van der Waals surface area contributed by atoms with Crippen molar-refractivity contribution < 1.29 is 38.1 Å². The molecule has 2 aromatic carbocycles. The van der Waals surface area contributed by atoms with Crippen molar-refractivity contribution in [3.63, 3.8) is 0 Å². The van der Waals surface area contributed by atoms with Crippen LogP contribution >= 0.6 is 0 Å². The van der Waals surface area contributed by atoms with Gasteiger partial charge in [-0.3, -0.25) is 14.4 Å². The maximum absolute atomic E-state index is 13.1. The van der Waals surface area contributed by atoms with Crippen LogP contribution in [0, 0.1) is 10.8 Å². The minimum Gasteiger partial charge on any atom is -0.490 e. The third-order valence-electron chi connectivity index (χ3n) is 6.08. The lowest BCUT2D eigenvalue weighted by atomic mass is 9.97. The van der Waals surface area contributed by atoms with Crippen molar-refractivity contribution in [1.82, 2.24) is 0 Å². The summed E-state index contributed by atoms with van der Waals surface area (Å²) in [5.41, 5.74) is 1.35. The Hall–Kier alpha value is -4.33. The summed E-state index contributed by atoms with van der Waals surface area (Å²) in [6, 6.07) is 8.44. The number of benzene rings is 2. The number of ketones is 1. The lowest BCUT2D eigenvalue weighted by Gasteiger charge is -2.23. The second-order valence-corrected chi connectivity index (χ2v) is 12.5. The summed E-state index contributed by atoms with van der Waals surface area (Å²) < 4.78 is 28.2. The van der Waals surface area contributed by atoms with Gasteiger partial charge in [0, 0.05) is 16.7 Å². The van der Waals surface area contributed by atoms with Crippen LogP contribution in [0.25, 0.3) is 6.08 Å². The van der Waals surface area contributed by atoms with Gasteiger partial charge in [0.15, 0.2) is 5.78 Å². The molecule has 0 amide bonds. The SMILES string of the molecule is C=CCc1cc(/C=C/C(=O)c2ccc(OCOC(=O)C(C)(C)C)cc2)c(OC(C)C)c(CC=C)c1OCOC(=O)C(C)(C)C. The Morgan fingerprint density at radius 1 is 0.795 bits per heavy atom. The van der Waals surface area contributed by atoms with Crippen LogP contribution in [0.1, 0.15) is 82.4 Å². The van der Waals surface area contributed by atoms with Crippen LogP contribution < -0.4 is 14.2 Å². The van der Waals surface area contributed by atoms with Gasteiger partial charge in [-0.1, -0.05) is 12.2 Å². The molecule has 238 valence electrons. The maximum Gasteiger partial charge on any atom is 0.314 e. The first-order valence-electron chi connectivity index (χ1n) is 14.6. The molecule has 8 heteroatoms. The Morgan fingerprint density at radius 3 is 1.84 bits per heavy atom. The van der Waals surface area contributed by atoms with Gasteiger partial charge >= 0.3 is 11.9 Å². The largest absolute Gasteiger partial charge is 0.490 e. The average molecular weight is 607 g/mol. The summed E-state index contributed by atoms with van der Waals surface area (Å²) in [7, 11) is 0. The molecule has 0 N–H and O–H groups in total. The summed E-state index contributed by atoms with van der Waals surface area (Å²) >= 11 is 0. The molecule has 2 aromatic rings. The molecule has 0 fully saturated rings. The lowest BCUT2D eigenvalue weighted by molar-refractivity contribution is -0.160. The van der Waals surface area contributed by atoms with Crippen molar-refractivity contribution in [2.75, 3.05) is 13.6 Å². The predicted molar refractivity (Wildman–Crippen MR) is 172 cm³/mol. The van der Waals surface area contributed by atoms with Crippen LogP contribution in [-0.2, 0) is 31.9 Å².